The summed E-state index contributed by atoms with van der Waals surface area (Å²) in [5.74, 6) is 0.193. The van der Waals surface area contributed by atoms with E-state index in [-0.39, 0.29) is 23.5 Å². The number of nitrogens with zero attached hydrogens (tertiary/aromatic N) is 2. The van der Waals surface area contributed by atoms with E-state index in [1.165, 1.54) is 0 Å². The van der Waals surface area contributed by atoms with Crippen LogP contribution in [0.3, 0.4) is 0 Å². The number of carbonyl (C=O) groups is 1. The lowest BCUT2D eigenvalue weighted by Crippen LogP contribution is -2.51. The van der Waals surface area contributed by atoms with Gasteiger partial charge in [0.1, 0.15) is 5.01 Å². The third-order valence-electron chi connectivity index (χ3n) is 3.49. The summed E-state index contributed by atoms with van der Waals surface area (Å²) in [5.41, 5.74) is 7.11. The summed E-state index contributed by atoms with van der Waals surface area (Å²) in [6, 6.07) is -0.120. The first-order valence-electron chi connectivity index (χ1n) is 6.80. The van der Waals surface area contributed by atoms with Crippen LogP contribution in [0.4, 0.5) is 0 Å². The Bertz CT molecular complexity index is 464. The fraction of sp³-hybridized carbons (Fsp3) is 0.714. The van der Waals surface area contributed by atoms with E-state index in [9.17, 15) is 4.79 Å². The molecular formula is C14H23N3OS. The summed E-state index contributed by atoms with van der Waals surface area (Å²) >= 11 is 1.61. The summed E-state index contributed by atoms with van der Waals surface area (Å²) in [4.78, 5) is 19.0. The van der Waals surface area contributed by atoms with Gasteiger partial charge in [-0.2, -0.15) is 0 Å². The van der Waals surface area contributed by atoms with Gasteiger partial charge in [0.2, 0.25) is 5.91 Å². The molecular weight excluding hydrogens is 258 g/mol. The van der Waals surface area contributed by atoms with Crippen LogP contribution in [0.15, 0.2) is 5.38 Å². The van der Waals surface area contributed by atoms with E-state index in [4.69, 9.17) is 5.73 Å². The van der Waals surface area contributed by atoms with Crippen LogP contribution in [0.2, 0.25) is 0 Å². The zero-order valence-corrected chi connectivity index (χ0v) is 13.0. The molecule has 1 aromatic heterocycles. The molecule has 0 radical (unpaired) electrons. The summed E-state index contributed by atoms with van der Waals surface area (Å²) in [7, 11) is 0. The third-order valence-corrected chi connectivity index (χ3v) is 4.53. The summed E-state index contributed by atoms with van der Waals surface area (Å²) in [6.45, 7) is 8.18. The van der Waals surface area contributed by atoms with Crippen molar-refractivity contribution in [2.75, 3.05) is 0 Å². The number of carbonyl (C=O) groups excluding carboxylic acids is 1. The lowest BCUT2D eigenvalue weighted by atomic mass is 9.98. The number of hydrogen-bond donors (Lipinski definition) is 1. The Kier molecular flexibility index (Phi) is 3.97. The Labute approximate surface area is 119 Å². The van der Waals surface area contributed by atoms with Crippen LogP contribution in [-0.2, 0) is 4.79 Å². The number of aromatic nitrogens is 1. The zero-order chi connectivity index (χ0) is 14.2. The molecule has 2 unspecified atom stereocenters. The molecule has 1 aliphatic rings. The average molecular weight is 281 g/mol. The number of aryl methyl sites for hydroxylation is 1. The first kappa shape index (κ1) is 14.5. The van der Waals surface area contributed by atoms with Crippen LogP contribution in [0.5, 0.6) is 0 Å². The second-order valence-electron chi connectivity index (χ2n) is 6.26. The van der Waals surface area contributed by atoms with E-state index in [1.807, 2.05) is 17.2 Å². The molecule has 106 valence electrons. The Morgan fingerprint density at radius 2 is 2.16 bits per heavy atom. The van der Waals surface area contributed by atoms with Gasteiger partial charge in [-0.05, 0) is 40.5 Å². The van der Waals surface area contributed by atoms with E-state index in [1.54, 1.807) is 11.3 Å². The molecule has 19 heavy (non-hydrogen) atoms. The SMILES string of the molecule is Cc1csc(C2C(N)CCCC(=O)N2C(C)(C)C)n1. The molecule has 0 bridgehead atoms. The van der Waals surface area contributed by atoms with Crippen molar-refractivity contribution in [1.29, 1.82) is 0 Å². The van der Waals surface area contributed by atoms with Crippen LogP contribution in [0.1, 0.15) is 56.8 Å². The Morgan fingerprint density at radius 3 is 2.68 bits per heavy atom. The van der Waals surface area contributed by atoms with Gasteiger partial charge in [-0.3, -0.25) is 4.79 Å². The Balaban J connectivity index is 2.45. The van der Waals surface area contributed by atoms with E-state index in [2.05, 4.69) is 25.8 Å². The highest BCUT2D eigenvalue weighted by Gasteiger charge is 2.40. The third kappa shape index (κ3) is 2.98. The number of rotatable bonds is 1. The van der Waals surface area contributed by atoms with E-state index >= 15 is 0 Å². The molecule has 1 saturated heterocycles. The van der Waals surface area contributed by atoms with Gasteiger partial charge in [0, 0.05) is 29.1 Å². The topological polar surface area (TPSA) is 59.2 Å². The van der Waals surface area contributed by atoms with Crippen molar-refractivity contribution in [2.45, 2.75) is 64.6 Å². The standard InChI is InChI=1S/C14H23N3OS/c1-9-8-19-13(16-9)12-10(15)6-5-7-11(18)17(12)14(2,3)4/h8,10,12H,5-7,15H2,1-4H3. The molecule has 2 N–H and O–H groups in total. The molecule has 2 rings (SSSR count). The molecule has 0 aromatic carbocycles. The Morgan fingerprint density at radius 1 is 1.47 bits per heavy atom. The number of nitrogens with two attached hydrogens (primary N) is 1. The van der Waals surface area contributed by atoms with Crippen molar-refractivity contribution in [3.63, 3.8) is 0 Å². The van der Waals surface area contributed by atoms with Crippen molar-refractivity contribution in [1.82, 2.24) is 9.88 Å². The highest BCUT2D eigenvalue weighted by atomic mass is 32.1. The zero-order valence-electron chi connectivity index (χ0n) is 12.1. The largest absolute Gasteiger partial charge is 0.327 e. The van der Waals surface area contributed by atoms with Crippen LogP contribution >= 0.6 is 11.3 Å². The Hall–Kier alpha value is -0.940. The fourth-order valence-corrected chi connectivity index (χ4v) is 3.67. The molecule has 0 saturated carbocycles. The van der Waals surface area contributed by atoms with Crippen molar-refractivity contribution in [3.05, 3.63) is 16.1 Å². The van der Waals surface area contributed by atoms with Crippen molar-refractivity contribution >= 4 is 17.2 Å². The summed E-state index contributed by atoms with van der Waals surface area (Å²) in [5, 5.41) is 2.99. The molecule has 2 atom stereocenters. The molecule has 1 fully saturated rings. The predicted molar refractivity (Wildman–Crippen MR) is 78.0 cm³/mol. The van der Waals surface area contributed by atoms with Gasteiger partial charge in [-0.1, -0.05) is 0 Å². The molecule has 1 aliphatic heterocycles. The first-order valence-corrected chi connectivity index (χ1v) is 7.68. The molecule has 2 heterocycles. The number of thiazole rings is 1. The quantitative estimate of drug-likeness (QED) is 0.861. The minimum Gasteiger partial charge on any atom is -0.327 e. The minimum absolute atomic E-state index is 0.0313. The number of hydrogen-bond acceptors (Lipinski definition) is 4. The van der Waals surface area contributed by atoms with E-state index < -0.39 is 0 Å². The van der Waals surface area contributed by atoms with Crippen LogP contribution in [0.25, 0.3) is 0 Å². The summed E-state index contributed by atoms with van der Waals surface area (Å²) < 4.78 is 0. The van der Waals surface area contributed by atoms with E-state index in [0.29, 0.717) is 6.42 Å². The van der Waals surface area contributed by atoms with Gasteiger partial charge in [0.05, 0.1) is 6.04 Å². The predicted octanol–water partition coefficient (Wildman–Crippen LogP) is 2.63. The highest BCUT2D eigenvalue weighted by molar-refractivity contribution is 7.09. The van der Waals surface area contributed by atoms with E-state index in [0.717, 1.165) is 23.5 Å². The lowest BCUT2D eigenvalue weighted by Gasteiger charge is -2.42. The molecule has 1 amide bonds. The maximum Gasteiger partial charge on any atom is 0.223 e. The molecule has 1 aromatic rings. The van der Waals surface area contributed by atoms with Crippen LogP contribution < -0.4 is 5.73 Å². The normalized spacial score (nSPS) is 25.5. The number of amides is 1. The van der Waals surface area contributed by atoms with Gasteiger partial charge >= 0.3 is 0 Å². The maximum absolute atomic E-state index is 12.4. The second kappa shape index (κ2) is 5.21. The second-order valence-corrected chi connectivity index (χ2v) is 7.15. The van der Waals surface area contributed by atoms with Crippen LogP contribution in [-0.4, -0.2) is 27.4 Å². The van der Waals surface area contributed by atoms with Gasteiger partial charge in [-0.25, -0.2) is 4.98 Å². The molecule has 0 aliphatic carbocycles. The monoisotopic (exact) mass is 281 g/mol. The van der Waals surface area contributed by atoms with Gasteiger partial charge in [0.25, 0.3) is 0 Å². The first-order chi connectivity index (χ1) is 8.80. The molecule has 4 nitrogen and oxygen atoms in total. The average Bonchev–Trinajstić information content (AvgIpc) is 2.63. The minimum atomic E-state index is -0.233. The fourth-order valence-electron chi connectivity index (χ4n) is 2.71. The van der Waals surface area contributed by atoms with Gasteiger partial charge < -0.3 is 10.6 Å². The van der Waals surface area contributed by atoms with Crippen molar-refractivity contribution < 1.29 is 4.79 Å². The smallest absolute Gasteiger partial charge is 0.223 e. The van der Waals surface area contributed by atoms with Crippen molar-refractivity contribution in [3.8, 4) is 0 Å². The van der Waals surface area contributed by atoms with Gasteiger partial charge in [0.15, 0.2) is 0 Å². The highest BCUT2D eigenvalue weighted by Crippen LogP contribution is 2.36. The maximum atomic E-state index is 12.4. The lowest BCUT2D eigenvalue weighted by molar-refractivity contribution is -0.139. The summed E-state index contributed by atoms with van der Waals surface area (Å²) in [6.07, 6.45) is 2.33. The molecule has 5 heteroatoms. The molecule has 0 spiro atoms. The van der Waals surface area contributed by atoms with Crippen LogP contribution in [0, 0.1) is 6.92 Å². The van der Waals surface area contributed by atoms with Gasteiger partial charge in [-0.15, -0.1) is 11.3 Å². The van der Waals surface area contributed by atoms with Crippen molar-refractivity contribution in [2.24, 2.45) is 5.73 Å². The number of likely N-dealkylation sites (tertiary alicyclic amines) is 1.